The summed E-state index contributed by atoms with van der Waals surface area (Å²) in [5.74, 6) is 0.118. The topological polar surface area (TPSA) is 71.1 Å². The van der Waals surface area contributed by atoms with Crippen molar-refractivity contribution in [3.05, 3.63) is 11.1 Å². The van der Waals surface area contributed by atoms with Crippen LogP contribution in [-0.4, -0.2) is 32.7 Å². The Morgan fingerprint density at radius 2 is 2.27 bits per heavy atom. The van der Waals surface area contributed by atoms with Gasteiger partial charge in [-0.25, -0.2) is 13.4 Å². The summed E-state index contributed by atoms with van der Waals surface area (Å²) in [4.78, 5) is 4.93. The predicted octanol–water partition coefficient (Wildman–Crippen LogP) is 0.803. The zero-order valence-corrected chi connectivity index (χ0v) is 10.4. The first-order valence-corrected chi connectivity index (χ1v) is 7.08. The fourth-order valence-electron chi connectivity index (χ4n) is 1.02. The number of nitrogens with zero attached hydrogens (tertiary/aromatic N) is 1. The van der Waals surface area contributed by atoms with E-state index >= 15 is 0 Å². The van der Waals surface area contributed by atoms with Crippen molar-refractivity contribution >= 4 is 26.5 Å². The minimum atomic E-state index is -3.24. The maximum Gasteiger partial charge on any atom is 0.234 e. The average Bonchev–Trinajstić information content (AvgIpc) is 2.50. The molecular formula is C8H15N3O2S2. The van der Waals surface area contributed by atoms with Crippen LogP contribution >= 0.6 is 11.3 Å². The van der Waals surface area contributed by atoms with Gasteiger partial charge >= 0.3 is 0 Å². The van der Waals surface area contributed by atoms with Crippen LogP contribution in [0.3, 0.4) is 0 Å². The fourth-order valence-corrected chi connectivity index (χ4v) is 3.03. The Morgan fingerprint density at radius 1 is 1.53 bits per heavy atom. The van der Waals surface area contributed by atoms with E-state index in [1.807, 2.05) is 6.92 Å². The number of anilines is 1. The molecule has 2 N–H and O–H groups in total. The summed E-state index contributed by atoms with van der Waals surface area (Å²) in [6.07, 6.45) is 2.24. The molecule has 1 heterocycles. The second-order valence-electron chi connectivity index (χ2n) is 3.15. The van der Waals surface area contributed by atoms with E-state index in [-0.39, 0.29) is 5.75 Å². The van der Waals surface area contributed by atoms with Gasteiger partial charge in [-0.1, -0.05) is 0 Å². The van der Waals surface area contributed by atoms with Crippen LogP contribution in [0.5, 0.6) is 0 Å². The van der Waals surface area contributed by atoms with Crippen LogP contribution in [-0.2, 0) is 10.0 Å². The second kappa shape index (κ2) is 5.43. The van der Waals surface area contributed by atoms with Crippen LogP contribution in [0.25, 0.3) is 0 Å². The number of aromatic nitrogens is 1. The van der Waals surface area contributed by atoms with E-state index in [0.717, 1.165) is 4.88 Å². The molecule has 1 aromatic heterocycles. The third-order valence-electron chi connectivity index (χ3n) is 1.70. The van der Waals surface area contributed by atoms with E-state index in [2.05, 4.69) is 15.0 Å². The van der Waals surface area contributed by atoms with E-state index in [1.54, 1.807) is 13.2 Å². The molecule has 0 amide bonds. The second-order valence-corrected chi connectivity index (χ2v) is 6.23. The van der Waals surface area contributed by atoms with E-state index in [1.165, 1.54) is 11.3 Å². The van der Waals surface area contributed by atoms with Crippen LogP contribution < -0.4 is 10.0 Å². The molecule has 0 fully saturated rings. The lowest BCUT2D eigenvalue weighted by Crippen LogP contribution is -2.20. The molecule has 0 saturated carbocycles. The highest BCUT2D eigenvalue weighted by Crippen LogP contribution is 2.17. The van der Waals surface area contributed by atoms with Crippen molar-refractivity contribution in [2.45, 2.75) is 13.3 Å². The highest BCUT2D eigenvalue weighted by Gasteiger charge is 2.11. The summed E-state index contributed by atoms with van der Waals surface area (Å²) in [7, 11) is -1.44. The maximum atomic E-state index is 11.5. The van der Waals surface area contributed by atoms with Crippen molar-refractivity contribution in [2.24, 2.45) is 0 Å². The number of thiazole rings is 1. The first kappa shape index (κ1) is 12.4. The quantitative estimate of drug-likeness (QED) is 0.732. The molecule has 5 nitrogen and oxygen atoms in total. The summed E-state index contributed by atoms with van der Waals surface area (Å²) >= 11 is 1.34. The summed E-state index contributed by atoms with van der Waals surface area (Å²) in [6.45, 7) is 2.58. The molecule has 1 aromatic rings. The third kappa shape index (κ3) is 4.59. The zero-order valence-electron chi connectivity index (χ0n) is 8.78. The molecule has 0 unspecified atom stereocenters. The highest BCUT2D eigenvalue weighted by atomic mass is 32.2. The van der Waals surface area contributed by atoms with Gasteiger partial charge in [0.1, 0.15) is 0 Å². The molecule has 0 aliphatic heterocycles. The van der Waals surface area contributed by atoms with E-state index in [0.29, 0.717) is 18.1 Å². The Balaban J connectivity index is 2.49. The minimum Gasteiger partial charge on any atom is -0.320 e. The SMILES string of the molecule is CNCCCS(=O)(=O)Nc1ncc(C)s1. The van der Waals surface area contributed by atoms with Gasteiger partial charge in [0.25, 0.3) is 0 Å². The van der Waals surface area contributed by atoms with Crippen molar-refractivity contribution in [1.82, 2.24) is 10.3 Å². The normalized spacial score (nSPS) is 11.6. The molecular weight excluding hydrogens is 234 g/mol. The van der Waals surface area contributed by atoms with Gasteiger partial charge in [0.15, 0.2) is 5.13 Å². The van der Waals surface area contributed by atoms with Gasteiger partial charge in [-0.3, -0.25) is 4.72 Å². The minimum absolute atomic E-state index is 0.118. The molecule has 86 valence electrons. The number of nitrogens with one attached hydrogen (secondary N) is 2. The lowest BCUT2D eigenvalue weighted by atomic mass is 10.5. The molecule has 0 saturated heterocycles. The maximum absolute atomic E-state index is 11.5. The van der Waals surface area contributed by atoms with Crippen LogP contribution in [0.4, 0.5) is 5.13 Å². The Hall–Kier alpha value is -0.660. The van der Waals surface area contributed by atoms with Crippen molar-refractivity contribution < 1.29 is 8.42 Å². The van der Waals surface area contributed by atoms with E-state index in [9.17, 15) is 8.42 Å². The molecule has 7 heteroatoms. The standard InChI is InChI=1S/C8H15N3O2S2/c1-7-6-10-8(14-7)11-15(12,13)5-3-4-9-2/h6,9H,3-5H2,1-2H3,(H,10,11). The fraction of sp³-hybridized carbons (Fsp3) is 0.625. The smallest absolute Gasteiger partial charge is 0.234 e. The Morgan fingerprint density at radius 3 is 2.80 bits per heavy atom. The molecule has 0 spiro atoms. The Kier molecular flexibility index (Phi) is 4.49. The van der Waals surface area contributed by atoms with Gasteiger partial charge < -0.3 is 5.32 Å². The lowest BCUT2D eigenvalue weighted by molar-refractivity contribution is 0.597. The van der Waals surface area contributed by atoms with Crippen LogP contribution in [0.2, 0.25) is 0 Å². The number of hydrogen-bond acceptors (Lipinski definition) is 5. The van der Waals surface area contributed by atoms with Crippen LogP contribution in [0.15, 0.2) is 6.20 Å². The van der Waals surface area contributed by atoms with Gasteiger partial charge in [0, 0.05) is 11.1 Å². The number of sulfonamides is 1. The van der Waals surface area contributed by atoms with E-state index in [4.69, 9.17) is 0 Å². The van der Waals surface area contributed by atoms with Crippen LogP contribution in [0.1, 0.15) is 11.3 Å². The zero-order chi connectivity index (χ0) is 11.3. The molecule has 0 aliphatic rings. The molecule has 0 bridgehead atoms. The van der Waals surface area contributed by atoms with Gasteiger partial charge in [-0.15, -0.1) is 11.3 Å². The average molecular weight is 249 g/mol. The lowest BCUT2D eigenvalue weighted by Gasteiger charge is -2.04. The Bertz CT molecular complexity index is 400. The molecule has 0 aromatic carbocycles. The molecule has 0 radical (unpaired) electrons. The molecule has 0 atom stereocenters. The van der Waals surface area contributed by atoms with Gasteiger partial charge in [-0.05, 0) is 26.9 Å². The molecule has 1 rings (SSSR count). The summed E-state index contributed by atoms with van der Waals surface area (Å²) in [5.41, 5.74) is 0. The summed E-state index contributed by atoms with van der Waals surface area (Å²) < 4.78 is 25.5. The number of aryl methyl sites for hydroxylation is 1. The van der Waals surface area contributed by atoms with Gasteiger partial charge in [0.2, 0.25) is 10.0 Å². The predicted molar refractivity (Wildman–Crippen MR) is 62.8 cm³/mol. The van der Waals surface area contributed by atoms with Crippen molar-refractivity contribution in [1.29, 1.82) is 0 Å². The largest absolute Gasteiger partial charge is 0.320 e. The molecule has 15 heavy (non-hydrogen) atoms. The van der Waals surface area contributed by atoms with Gasteiger partial charge in [-0.2, -0.15) is 0 Å². The summed E-state index contributed by atoms with van der Waals surface area (Å²) in [6, 6.07) is 0. The van der Waals surface area contributed by atoms with Crippen molar-refractivity contribution in [2.75, 3.05) is 24.1 Å². The van der Waals surface area contributed by atoms with Crippen molar-refractivity contribution in [3.63, 3.8) is 0 Å². The first-order chi connectivity index (χ1) is 7.03. The van der Waals surface area contributed by atoms with Gasteiger partial charge in [0.05, 0.1) is 5.75 Å². The molecule has 0 aliphatic carbocycles. The Labute approximate surface area is 94.0 Å². The number of hydrogen-bond donors (Lipinski definition) is 2. The first-order valence-electron chi connectivity index (χ1n) is 4.61. The van der Waals surface area contributed by atoms with Crippen LogP contribution in [0, 0.1) is 6.92 Å². The van der Waals surface area contributed by atoms with E-state index < -0.39 is 10.0 Å². The monoisotopic (exact) mass is 249 g/mol. The third-order valence-corrected chi connectivity index (χ3v) is 3.99. The van der Waals surface area contributed by atoms with Crippen molar-refractivity contribution in [3.8, 4) is 0 Å². The summed E-state index contributed by atoms with van der Waals surface area (Å²) in [5, 5.41) is 3.34. The highest BCUT2D eigenvalue weighted by molar-refractivity contribution is 7.92. The number of rotatable bonds is 6.